The Morgan fingerprint density at radius 3 is 2.35 bits per heavy atom. The summed E-state index contributed by atoms with van der Waals surface area (Å²) >= 11 is 3.38. The molecule has 1 aromatic carbocycles. The standard InChI is InChI=1S/C14H19BrN2O3/c1-8-5-6-9(7-10(8)15)16-13(20)17-11(12(18)19)14(2,3)4/h5-7,11H,1-4H3,(H,18,19)(H2,16,17,20)/t11-/m0/s1. The van der Waals surface area contributed by atoms with Crippen LogP contribution in [0.15, 0.2) is 22.7 Å². The number of carbonyl (C=O) groups is 2. The number of benzene rings is 1. The molecule has 1 atom stereocenters. The van der Waals surface area contributed by atoms with Crippen molar-refractivity contribution in [3.8, 4) is 0 Å². The van der Waals surface area contributed by atoms with Crippen molar-refractivity contribution in [2.75, 3.05) is 5.32 Å². The second kappa shape index (κ2) is 6.26. The zero-order valence-corrected chi connectivity index (χ0v) is 13.5. The van der Waals surface area contributed by atoms with E-state index in [-0.39, 0.29) is 0 Å². The van der Waals surface area contributed by atoms with Gasteiger partial charge in [0.15, 0.2) is 0 Å². The average molecular weight is 343 g/mol. The molecule has 0 saturated heterocycles. The number of halogens is 1. The molecule has 2 amide bonds. The number of nitrogens with one attached hydrogen (secondary N) is 2. The molecule has 0 aliphatic heterocycles. The van der Waals surface area contributed by atoms with Crippen LogP contribution in [0.2, 0.25) is 0 Å². The van der Waals surface area contributed by atoms with E-state index < -0.39 is 23.5 Å². The Morgan fingerprint density at radius 1 is 1.30 bits per heavy atom. The van der Waals surface area contributed by atoms with Gasteiger partial charge in [0.1, 0.15) is 6.04 Å². The first-order valence-electron chi connectivity index (χ1n) is 6.17. The molecule has 0 unspecified atom stereocenters. The Labute approximate surface area is 126 Å². The Hall–Kier alpha value is -1.56. The number of aryl methyl sites for hydroxylation is 1. The number of carbonyl (C=O) groups excluding carboxylic acids is 1. The molecule has 6 heteroatoms. The molecule has 0 fully saturated rings. The highest BCUT2D eigenvalue weighted by Gasteiger charge is 2.32. The van der Waals surface area contributed by atoms with E-state index >= 15 is 0 Å². The summed E-state index contributed by atoms with van der Waals surface area (Å²) in [5.41, 5.74) is 1.07. The molecule has 0 aromatic heterocycles. The van der Waals surface area contributed by atoms with Gasteiger partial charge in [-0.25, -0.2) is 9.59 Å². The van der Waals surface area contributed by atoms with Gasteiger partial charge in [-0.15, -0.1) is 0 Å². The van der Waals surface area contributed by atoms with Gasteiger partial charge in [-0.05, 0) is 30.0 Å². The third-order valence-corrected chi connectivity index (χ3v) is 3.67. The van der Waals surface area contributed by atoms with Crippen LogP contribution in [0.1, 0.15) is 26.3 Å². The number of aliphatic carboxylic acids is 1. The fourth-order valence-electron chi connectivity index (χ4n) is 1.62. The van der Waals surface area contributed by atoms with E-state index in [4.69, 9.17) is 5.11 Å². The second-order valence-corrected chi connectivity index (χ2v) is 6.55. The van der Waals surface area contributed by atoms with E-state index in [1.807, 2.05) is 13.0 Å². The number of carboxylic acid groups (broad SMARTS) is 1. The van der Waals surface area contributed by atoms with Crippen molar-refractivity contribution in [1.82, 2.24) is 5.32 Å². The molecule has 1 aromatic rings. The molecule has 110 valence electrons. The minimum atomic E-state index is -1.06. The number of anilines is 1. The Balaban J connectivity index is 2.76. The van der Waals surface area contributed by atoms with Crippen LogP contribution >= 0.6 is 15.9 Å². The quantitative estimate of drug-likeness (QED) is 0.787. The van der Waals surface area contributed by atoms with Crippen LogP contribution in [0.25, 0.3) is 0 Å². The SMILES string of the molecule is Cc1ccc(NC(=O)N[C@@H](C(=O)O)C(C)(C)C)cc1Br. The van der Waals surface area contributed by atoms with Crippen LogP contribution in [0.4, 0.5) is 10.5 Å². The van der Waals surface area contributed by atoms with Crippen LogP contribution in [-0.2, 0) is 4.79 Å². The Morgan fingerprint density at radius 2 is 1.90 bits per heavy atom. The Bertz CT molecular complexity index is 524. The predicted octanol–water partition coefficient (Wildman–Crippen LogP) is 3.38. The van der Waals surface area contributed by atoms with Gasteiger partial charge in [-0.3, -0.25) is 0 Å². The van der Waals surface area contributed by atoms with Gasteiger partial charge in [0.05, 0.1) is 0 Å². The van der Waals surface area contributed by atoms with E-state index in [1.54, 1.807) is 32.9 Å². The monoisotopic (exact) mass is 342 g/mol. The van der Waals surface area contributed by atoms with Crippen molar-refractivity contribution in [1.29, 1.82) is 0 Å². The van der Waals surface area contributed by atoms with E-state index in [9.17, 15) is 9.59 Å². The molecule has 0 aliphatic rings. The normalized spacial score (nSPS) is 12.7. The molecular formula is C14H19BrN2O3. The first-order chi connectivity index (χ1) is 9.11. The van der Waals surface area contributed by atoms with E-state index in [1.165, 1.54) is 0 Å². The van der Waals surface area contributed by atoms with Crippen LogP contribution in [0.5, 0.6) is 0 Å². The summed E-state index contributed by atoms with van der Waals surface area (Å²) in [6, 6.07) is 3.88. The number of hydrogen-bond donors (Lipinski definition) is 3. The maximum atomic E-state index is 11.9. The number of rotatable bonds is 3. The first kappa shape index (κ1) is 16.5. The lowest BCUT2D eigenvalue weighted by molar-refractivity contribution is -0.141. The summed E-state index contributed by atoms with van der Waals surface area (Å²) in [6.07, 6.45) is 0. The Kier molecular flexibility index (Phi) is 5.16. The zero-order chi connectivity index (χ0) is 15.5. The summed E-state index contributed by atoms with van der Waals surface area (Å²) in [5.74, 6) is -1.06. The molecule has 1 rings (SSSR count). The van der Waals surface area contributed by atoms with Gasteiger partial charge in [0, 0.05) is 10.2 Å². The lowest BCUT2D eigenvalue weighted by Crippen LogP contribution is -2.50. The third-order valence-electron chi connectivity index (χ3n) is 2.82. The lowest BCUT2D eigenvalue weighted by Gasteiger charge is -2.27. The molecule has 3 N–H and O–H groups in total. The second-order valence-electron chi connectivity index (χ2n) is 5.70. The predicted molar refractivity (Wildman–Crippen MR) is 81.9 cm³/mol. The van der Waals surface area contributed by atoms with Gasteiger partial charge in [0.25, 0.3) is 0 Å². The van der Waals surface area contributed by atoms with Gasteiger partial charge in [-0.2, -0.15) is 0 Å². The zero-order valence-electron chi connectivity index (χ0n) is 12.0. The van der Waals surface area contributed by atoms with Crippen LogP contribution in [0.3, 0.4) is 0 Å². The summed E-state index contributed by atoms with van der Waals surface area (Å²) in [6.45, 7) is 7.21. The largest absolute Gasteiger partial charge is 0.480 e. The van der Waals surface area contributed by atoms with E-state index in [0.717, 1.165) is 10.0 Å². The third kappa shape index (κ3) is 4.52. The van der Waals surface area contributed by atoms with Gasteiger partial charge >= 0.3 is 12.0 Å². The van der Waals surface area contributed by atoms with Crippen LogP contribution in [0, 0.1) is 12.3 Å². The van der Waals surface area contributed by atoms with E-state index in [0.29, 0.717) is 5.69 Å². The molecule has 20 heavy (non-hydrogen) atoms. The molecule has 0 saturated carbocycles. The molecule has 0 aliphatic carbocycles. The molecule has 0 radical (unpaired) electrons. The van der Waals surface area contributed by atoms with Gasteiger partial charge in [0.2, 0.25) is 0 Å². The summed E-state index contributed by atoms with van der Waals surface area (Å²) < 4.78 is 0.876. The van der Waals surface area contributed by atoms with Gasteiger partial charge < -0.3 is 15.7 Å². The van der Waals surface area contributed by atoms with Crippen molar-refractivity contribution < 1.29 is 14.7 Å². The topological polar surface area (TPSA) is 78.4 Å². The summed E-state index contributed by atoms with van der Waals surface area (Å²) in [5, 5.41) is 14.3. The van der Waals surface area contributed by atoms with Crippen molar-refractivity contribution in [2.45, 2.75) is 33.7 Å². The summed E-state index contributed by atoms with van der Waals surface area (Å²) in [7, 11) is 0. The van der Waals surface area contributed by atoms with Crippen molar-refractivity contribution in [3.05, 3.63) is 28.2 Å². The average Bonchev–Trinajstić information content (AvgIpc) is 2.29. The highest BCUT2D eigenvalue weighted by Crippen LogP contribution is 2.22. The number of urea groups is 1. The lowest BCUT2D eigenvalue weighted by atomic mass is 9.87. The number of carboxylic acids is 1. The minimum Gasteiger partial charge on any atom is -0.480 e. The molecule has 5 nitrogen and oxygen atoms in total. The first-order valence-corrected chi connectivity index (χ1v) is 6.97. The van der Waals surface area contributed by atoms with E-state index in [2.05, 4.69) is 26.6 Å². The van der Waals surface area contributed by atoms with Crippen molar-refractivity contribution in [2.24, 2.45) is 5.41 Å². The minimum absolute atomic E-state index is 0.539. The highest BCUT2D eigenvalue weighted by atomic mass is 79.9. The van der Waals surface area contributed by atoms with Crippen molar-refractivity contribution >= 4 is 33.6 Å². The molecule has 0 heterocycles. The molecule has 0 bridgehead atoms. The van der Waals surface area contributed by atoms with Crippen LogP contribution in [-0.4, -0.2) is 23.1 Å². The maximum absolute atomic E-state index is 11.9. The maximum Gasteiger partial charge on any atom is 0.326 e. The van der Waals surface area contributed by atoms with Crippen molar-refractivity contribution in [3.63, 3.8) is 0 Å². The van der Waals surface area contributed by atoms with Crippen LogP contribution < -0.4 is 10.6 Å². The molecular weight excluding hydrogens is 324 g/mol. The molecule has 0 spiro atoms. The summed E-state index contributed by atoms with van der Waals surface area (Å²) in [4.78, 5) is 23.1. The fourth-order valence-corrected chi connectivity index (χ4v) is 2.00. The fraction of sp³-hybridized carbons (Fsp3) is 0.429. The smallest absolute Gasteiger partial charge is 0.326 e. The number of amides is 2. The highest BCUT2D eigenvalue weighted by molar-refractivity contribution is 9.10. The number of hydrogen-bond acceptors (Lipinski definition) is 2. The van der Waals surface area contributed by atoms with Gasteiger partial charge in [-0.1, -0.05) is 42.8 Å².